The fraction of sp³-hybridized carbons (Fsp3) is 0.688. The zero-order valence-electron chi connectivity index (χ0n) is 13.8. The third kappa shape index (κ3) is 9.26. The summed E-state index contributed by atoms with van der Waals surface area (Å²) in [6, 6.07) is 0. The van der Waals surface area contributed by atoms with Crippen LogP contribution in [0.5, 0.6) is 0 Å². The molecule has 0 spiro atoms. The van der Waals surface area contributed by atoms with Gasteiger partial charge in [-0.05, 0) is 12.8 Å². The van der Waals surface area contributed by atoms with E-state index >= 15 is 0 Å². The van der Waals surface area contributed by atoms with Crippen molar-refractivity contribution < 1.29 is 29.0 Å². The third-order valence-electron chi connectivity index (χ3n) is 3.37. The van der Waals surface area contributed by atoms with Crippen molar-refractivity contribution in [2.45, 2.75) is 25.7 Å². The Hall–Kier alpha value is -1.93. The normalized spacial score (nSPS) is 19.6. The molecule has 0 saturated heterocycles. The summed E-state index contributed by atoms with van der Waals surface area (Å²) in [7, 11) is 0. The van der Waals surface area contributed by atoms with Crippen LogP contribution in [0, 0.1) is 5.92 Å². The number of ether oxygens (including phenoxy) is 2. The second-order valence-corrected chi connectivity index (χ2v) is 5.34. The molecule has 0 aromatic rings. The highest BCUT2D eigenvalue weighted by Crippen LogP contribution is 2.11. The van der Waals surface area contributed by atoms with Crippen LogP contribution in [-0.4, -0.2) is 62.4 Å². The number of amides is 2. The van der Waals surface area contributed by atoms with Crippen molar-refractivity contribution in [1.29, 1.82) is 0 Å². The molecule has 1 rings (SSSR count). The SMILES string of the molecule is O=C(C[C@H]1CC=CCCC(=O)OCCNC1=O)NCCOCCO. The summed E-state index contributed by atoms with van der Waals surface area (Å²) in [5.74, 6) is -1.21. The Kier molecular flexibility index (Phi) is 10.5. The number of nitrogens with one attached hydrogen (secondary N) is 2. The second kappa shape index (κ2) is 12.5. The first-order chi connectivity index (χ1) is 11.6. The van der Waals surface area contributed by atoms with E-state index in [9.17, 15) is 14.4 Å². The van der Waals surface area contributed by atoms with E-state index in [-0.39, 0.29) is 50.6 Å². The van der Waals surface area contributed by atoms with Crippen LogP contribution in [0.4, 0.5) is 0 Å². The van der Waals surface area contributed by atoms with Gasteiger partial charge in [0.15, 0.2) is 0 Å². The monoisotopic (exact) mass is 342 g/mol. The van der Waals surface area contributed by atoms with Gasteiger partial charge in [0, 0.05) is 19.4 Å². The van der Waals surface area contributed by atoms with E-state index in [0.29, 0.717) is 32.4 Å². The van der Waals surface area contributed by atoms with Gasteiger partial charge in [0.05, 0.1) is 32.3 Å². The number of aliphatic hydroxyl groups excluding tert-OH is 1. The van der Waals surface area contributed by atoms with Gasteiger partial charge in [-0.3, -0.25) is 14.4 Å². The number of rotatable bonds is 7. The Labute approximate surface area is 141 Å². The van der Waals surface area contributed by atoms with Gasteiger partial charge in [-0.2, -0.15) is 0 Å². The molecule has 2 amide bonds. The van der Waals surface area contributed by atoms with E-state index < -0.39 is 5.92 Å². The highest BCUT2D eigenvalue weighted by molar-refractivity contribution is 5.85. The molecule has 8 nitrogen and oxygen atoms in total. The standard InChI is InChI=1S/C16H26N2O6/c19-8-11-23-9-6-17-14(20)12-13-4-2-1-3-5-15(21)24-10-7-18-16(13)22/h1-2,13,19H,3-12H2,(H,17,20)(H,18,22)/t13-/m1/s1. The van der Waals surface area contributed by atoms with Crippen LogP contribution >= 0.6 is 0 Å². The molecule has 3 N–H and O–H groups in total. The van der Waals surface area contributed by atoms with Gasteiger partial charge in [0.2, 0.25) is 11.8 Å². The smallest absolute Gasteiger partial charge is 0.306 e. The molecular weight excluding hydrogens is 316 g/mol. The Morgan fingerprint density at radius 1 is 1.38 bits per heavy atom. The van der Waals surface area contributed by atoms with E-state index in [1.807, 2.05) is 12.2 Å². The van der Waals surface area contributed by atoms with Gasteiger partial charge in [0.1, 0.15) is 6.61 Å². The minimum absolute atomic E-state index is 0.0577. The number of aliphatic hydroxyl groups is 1. The molecule has 1 atom stereocenters. The predicted octanol–water partition coefficient (Wildman–Crippen LogP) is -0.483. The van der Waals surface area contributed by atoms with Crippen molar-refractivity contribution in [3.63, 3.8) is 0 Å². The second-order valence-electron chi connectivity index (χ2n) is 5.34. The van der Waals surface area contributed by atoms with Gasteiger partial charge >= 0.3 is 5.97 Å². The van der Waals surface area contributed by atoms with Crippen molar-refractivity contribution in [3.05, 3.63) is 12.2 Å². The maximum Gasteiger partial charge on any atom is 0.306 e. The molecule has 0 radical (unpaired) electrons. The topological polar surface area (TPSA) is 114 Å². The van der Waals surface area contributed by atoms with E-state index in [1.165, 1.54) is 0 Å². The molecule has 0 aliphatic carbocycles. The van der Waals surface area contributed by atoms with Gasteiger partial charge in [-0.1, -0.05) is 12.2 Å². The molecule has 0 bridgehead atoms. The van der Waals surface area contributed by atoms with Crippen LogP contribution < -0.4 is 10.6 Å². The zero-order valence-corrected chi connectivity index (χ0v) is 13.8. The summed E-state index contributed by atoms with van der Waals surface area (Å²) in [4.78, 5) is 35.4. The van der Waals surface area contributed by atoms with Crippen LogP contribution in [0.1, 0.15) is 25.7 Å². The molecule has 0 aromatic carbocycles. The van der Waals surface area contributed by atoms with E-state index in [0.717, 1.165) is 0 Å². The number of hydrogen-bond acceptors (Lipinski definition) is 6. The Bertz CT molecular complexity index is 438. The van der Waals surface area contributed by atoms with Crippen LogP contribution in [0.25, 0.3) is 0 Å². The lowest BCUT2D eigenvalue weighted by Crippen LogP contribution is -2.37. The fourth-order valence-electron chi connectivity index (χ4n) is 2.14. The summed E-state index contributed by atoms with van der Waals surface area (Å²) in [6.45, 7) is 1.19. The maximum absolute atomic E-state index is 12.1. The highest BCUT2D eigenvalue weighted by Gasteiger charge is 2.20. The van der Waals surface area contributed by atoms with E-state index in [1.54, 1.807) is 0 Å². The first-order valence-electron chi connectivity index (χ1n) is 8.17. The molecule has 1 aliphatic rings. The summed E-state index contributed by atoms with van der Waals surface area (Å²) in [6.07, 6.45) is 5.02. The number of hydrogen-bond donors (Lipinski definition) is 3. The molecule has 1 heterocycles. The van der Waals surface area contributed by atoms with Gasteiger partial charge < -0.3 is 25.2 Å². The highest BCUT2D eigenvalue weighted by atomic mass is 16.5. The molecule has 24 heavy (non-hydrogen) atoms. The molecule has 0 saturated carbocycles. The molecule has 0 unspecified atom stereocenters. The average Bonchev–Trinajstić information content (AvgIpc) is 2.56. The zero-order chi connectivity index (χ0) is 17.6. The van der Waals surface area contributed by atoms with Crippen molar-refractivity contribution in [2.75, 3.05) is 39.5 Å². The van der Waals surface area contributed by atoms with Crippen LogP contribution in [0.2, 0.25) is 0 Å². The lowest BCUT2D eigenvalue weighted by Gasteiger charge is -2.16. The van der Waals surface area contributed by atoms with Crippen molar-refractivity contribution in [2.24, 2.45) is 5.92 Å². The molecule has 0 aromatic heterocycles. The minimum Gasteiger partial charge on any atom is -0.464 e. The molecule has 8 heteroatoms. The van der Waals surface area contributed by atoms with Gasteiger partial charge in [-0.15, -0.1) is 0 Å². The van der Waals surface area contributed by atoms with Gasteiger partial charge in [-0.25, -0.2) is 0 Å². The summed E-state index contributed by atoms with van der Waals surface area (Å²) >= 11 is 0. The number of allylic oxidation sites excluding steroid dienone is 2. The Morgan fingerprint density at radius 3 is 3.00 bits per heavy atom. The van der Waals surface area contributed by atoms with Gasteiger partial charge in [0.25, 0.3) is 0 Å². The lowest BCUT2D eigenvalue weighted by atomic mass is 9.99. The number of carbonyl (C=O) groups is 3. The minimum atomic E-state index is -0.463. The van der Waals surface area contributed by atoms with Crippen LogP contribution in [-0.2, 0) is 23.9 Å². The largest absolute Gasteiger partial charge is 0.464 e. The quantitative estimate of drug-likeness (QED) is 0.327. The lowest BCUT2D eigenvalue weighted by molar-refractivity contribution is -0.144. The summed E-state index contributed by atoms with van der Waals surface area (Å²) < 4.78 is 10.0. The number of esters is 1. The summed E-state index contributed by atoms with van der Waals surface area (Å²) in [5, 5.41) is 13.9. The summed E-state index contributed by atoms with van der Waals surface area (Å²) in [5.41, 5.74) is 0. The number of carbonyl (C=O) groups excluding carboxylic acids is 3. The van der Waals surface area contributed by atoms with Crippen molar-refractivity contribution >= 4 is 17.8 Å². The number of cyclic esters (lactones) is 1. The Balaban J connectivity index is 2.43. The average molecular weight is 342 g/mol. The van der Waals surface area contributed by atoms with Crippen LogP contribution in [0.15, 0.2) is 12.2 Å². The first kappa shape index (κ1) is 20.1. The molecular formula is C16H26N2O6. The molecule has 0 fully saturated rings. The van der Waals surface area contributed by atoms with Crippen molar-refractivity contribution in [3.8, 4) is 0 Å². The maximum atomic E-state index is 12.1. The third-order valence-corrected chi connectivity index (χ3v) is 3.37. The van der Waals surface area contributed by atoms with Crippen molar-refractivity contribution in [1.82, 2.24) is 10.6 Å². The fourth-order valence-corrected chi connectivity index (χ4v) is 2.14. The molecule has 136 valence electrons. The first-order valence-corrected chi connectivity index (χ1v) is 8.17. The molecule has 1 aliphatic heterocycles. The van der Waals surface area contributed by atoms with E-state index in [2.05, 4.69) is 10.6 Å². The predicted molar refractivity (Wildman–Crippen MR) is 86.0 cm³/mol. The van der Waals surface area contributed by atoms with Crippen LogP contribution in [0.3, 0.4) is 0 Å². The Morgan fingerprint density at radius 2 is 2.21 bits per heavy atom. The van der Waals surface area contributed by atoms with E-state index in [4.69, 9.17) is 14.6 Å².